The van der Waals surface area contributed by atoms with E-state index in [0.29, 0.717) is 11.4 Å². The van der Waals surface area contributed by atoms with Gasteiger partial charge in [0, 0.05) is 35.6 Å². The molecule has 3 aromatic rings. The van der Waals surface area contributed by atoms with Gasteiger partial charge >= 0.3 is 5.97 Å². The summed E-state index contributed by atoms with van der Waals surface area (Å²) >= 11 is 0. The number of ether oxygens (including phenoxy) is 1. The summed E-state index contributed by atoms with van der Waals surface area (Å²) in [6, 6.07) is 12.1. The number of aliphatic carboxylic acids is 1. The molecular weight excluding hydrogens is 478 g/mol. The first-order valence-corrected chi connectivity index (χ1v) is 13.5. The lowest BCUT2D eigenvalue weighted by atomic mass is 9.82. The second kappa shape index (κ2) is 10.4. The molecular formula is C31H37N3O4. The molecule has 1 atom stereocenters. The zero-order chi connectivity index (χ0) is 27.0. The van der Waals surface area contributed by atoms with Crippen LogP contribution in [0.4, 0.5) is 5.69 Å². The molecule has 0 radical (unpaired) electrons. The van der Waals surface area contributed by atoms with E-state index in [1.54, 1.807) is 0 Å². The highest BCUT2D eigenvalue weighted by Gasteiger charge is 2.31. The zero-order valence-corrected chi connectivity index (χ0v) is 22.8. The Morgan fingerprint density at radius 2 is 1.89 bits per heavy atom. The molecule has 0 saturated carbocycles. The summed E-state index contributed by atoms with van der Waals surface area (Å²) < 4.78 is 6.37. The Morgan fingerprint density at radius 1 is 1.13 bits per heavy atom. The third kappa shape index (κ3) is 5.25. The average molecular weight is 516 g/mol. The fraction of sp³-hybridized carbons (Fsp3) is 0.452. The van der Waals surface area contributed by atoms with E-state index in [-0.39, 0.29) is 24.5 Å². The molecule has 1 saturated heterocycles. The highest BCUT2D eigenvalue weighted by atomic mass is 16.5. The van der Waals surface area contributed by atoms with Crippen LogP contribution < -0.4 is 9.64 Å². The zero-order valence-electron chi connectivity index (χ0n) is 22.8. The van der Waals surface area contributed by atoms with E-state index >= 15 is 0 Å². The van der Waals surface area contributed by atoms with Gasteiger partial charge in [-0.15, -0.1) is 0 Å². The molecule has 2 aliphatic rings. The number of rotatable bonds is 6. The maximum Gasteiger partial charge on any atom is 0.307 e. The number of hydrogen-bond donors (Lipinski definition) is 2. The van der Waals surface area contributed by atoms with Crippen molar-refractivity contribution in [2.24, 2.45) is 5.41 Å². The number of hydrogen-bond acceptors (Lipinski definition) is 6. The van der Waals surface area contributed by atoms with E-state index in [4.69, 9.17) is 9.72 Å². The standard InChI is InChI=1S/C31H37N3O4/c1-19-6-5-7-24(32-19)27-11-8-21-16-22(9-10-26(21)38-27)29-25(18-35)33-20(2)23(17-28(36)37)30(29)34-14-12-31(3,4)13-15-34/h5-7,9-10,16,27,35H,8,11-15,17-18H2,1-4H3,(H,36,37). The van der Waals surface area contributed by atoms with Gasteiger partial charge < -0.3 is 19.8 Å². The number of benzene rings is 1. The third-order valence-electron chi connectivity index (χ3n) is 8.00. The van der Waals surface area contributed by atoms with E-state index in [1.807, 2.05) is 44.2 Å². The van der Waals surface area contributed by atoms with Crippen LogP contribution in [0.25, 0.3) is 11.1 Å². The van der Waals surface area contributed by atoms with Crippen molar-refractivity contribution in [3.05, 3.63) is 70.3 Å². The first-order chi connectivity index (χ1) is 18.1. The molecule has 0 aliphatic carbocycles. The Hall–Kier alpha value is -3.45. The van der Waals surface area contributed by atoms with Gasteiger partial charge in [-0.25, -0.2) is 0 Å². The number of pyridine rings is 2. The van der Waals surface area contributed by atoms with Crippen LogP contribution in [0.15, 0.2) is 36.4 Å². The fourth-order valence-corrected chi connectivity index (χ4v) is 5.75. The molecule has 1 fully saturated rings. The molecule has 200 valence electrons. The van der Waals surface area contributed by atoms with E-state index < -0.39 is 5.97 Å². The van der Waals surface area contributed by atoms with Crippen molar-refractivity contribution in [1.82, 2.24) is 9.97 Å². The smallest absolute Gasteiger partial charge is 0.307 e. The van der Waals surface area contributed by atoms with Gasteiger partial charge in [0.25, 0.3) is 0 Å². The van der Waals surface area contributed by atoms with Gasteiger partial charge in [0.2, 0.25) is 0 Å². The molecule has 2 aliphatic heterocycles. The van der Waals surface area contributed by atoms with Crippen molar-refractivity contribution in [3.63, 3.8) is 0 Å². The van der Waals surface area contributed by atoms with Gasteiger partial charge in [0.05, 0.1) is 30.1 Å². The van der Waals surface area contributed by atoms with Crippen LogP contribution >= 0.6 is 0 Å². The van der Waals surface area contributed by atoms with Crippen LogP contribution in [0.5, 0.6) is 5.75 Å². The first kappa shape index (κ1) is 26.2. The highest BCUT2D eigenvalue weighted by molar-refractivity contribution is 5.87. The number of aliphatic hydroxyl groups excluding tert-OH is 1. The molecule has 2 N–H and O–H groups in total. The van der Waals surface area contributed by atoms with E-state index in [2.05, 4.69) is 29.8 Å². The van der Waals surface area contributed by atoms with Crippen LogP contribution in [0.1, 0.15) is 73.1 Å². The minimum absolute atomic E-state index is 0.0864. The van der Waals surface area contributed by atoms with Crippen LogP contribution in [-0.2, 0) is 24.2 Å². The van der Waals surface area contributed by atoms with Crippen molar-refractivity contribution in [2.45, 2.75) is 72.5 Å². The Bertz CT molecular complexity index is 1360. The van der Waals surface area contributed by atoms with Crippen molar-refractivity contribution >= 4 is 11.7 Å². The summed E-state index contributed by atoms with van der Waals surface area (Å²) in [5.41, 5.74) is 7.90. The predicted molar refractivity (Wildman–Crippen MR) is 148 cm³/mol. The molecule has 2 aromatic heterocycles. The van der Waals surface area contributed by atoms with Crippen LogP contribution in [0.2, 0.25) is 0 Å². The Labute approximate surface area is 224 Å². The molecule has 0 bridgehead atoms. The quantitative estimate of drug-likeness (QED) is 0.443. The Balaban J connectivity index is 1.58. The number of aromatic nitrogens is 2. The van der Waals surface area contributed by atoms with Crippen LogP contribution in [0.3, 0.4) is 0 Å². The summed E-state index contributed by atoms with van der Waals surface area (Å²) in [4.78, 5) is 23.6. The molecule has 38 heavy (non-hydrogen) atoms. The lowest BCUT2D eigenvalue weighted by Crippen LogP contribution is -2.38. The van der Waals surface area contributed by atoms with Crippen molar-refractivity contribution in [2.75, 3.05) is 18.0 Å². The van der Waals surface area contributed by atoms with Gasteiger partial charge in [-0.05, 0) is 80.3 Å². The SMILES string of the molecule is Cc1cccc(C2CCc3cc(-c4c(CO)nc(C)c(CC(=O)O)c4N4CCC(C)(C)CC4)ccc3O2)n1. The molecule has 7 heteroatoms. The summed E-state index contributed by atoms with van der Waals surface area (Å²) in [6.07, 6.45) is 3.50. The number of aryl methyl sites for hydroxylation is 3. The highest BCUT2D eigenvalue weighted by Crippen LogP contribution is 2.44. The summed E-state index contributed by atoms with van der Waals surface area (Å²) in [6.45, 7) is 9.84. The van der Waals surface area contributed by atoms with Crippen molar-refractivity contribution < 1.29 is 19.7 Å². The third-order valence-corrected chi connectivity index (χ3v) is 8.00. The Morgan fingerprint density at radius 3 is 2.58 bits per heavy atom. The second-order valence-electron chi connectivity index (χ2n) is 11.4. The molecule has 7 nitrogen and oxygen atoms in total. The molecule has 5 rings (SSSR count). The topological polar surface area (TPSA) is 95.8 Å². The Kier molecular flexibility index (Phi) is 7.14. The predicted octanol–water partition coefficient (Wildman–Crippen LogP) is 5.57. The number of carbonyl (C=O) groups is 1. The largest absolute Gasteiger partial charge is 0.484 e. The van der Waals surface area contributed by atoms with E-state index in [1.165, 1.54) is 0 Å². The maximum atomic E-state index is 11.9. The minimum Gasteiger partial charge on any atom is -0.484 e. The second-order valence-corrected chi connectivity index (χ2v) is 11.4. The normalized spacial score (nSPS) is 18.6. The van der Waals surface area contributed by atoms with Gasteiger partial charge in [-0.2, -0.15) is 0 Å². The average Bonchev–Trinajstić information content (AvgIpc) is 2.89. The molecule has 4 heterocycles. The fourth-order valence-electron chi connectivity index (χ4n) is 5.75. The molecule has 0 amide bonds. The van der Waals surface area contributed by atoms with Gasteiger partial charge in [0.15, 0.2) is 0 Å². The summed E-state index contributed by atoms with van der Waals surface area (Å²) in [7, 11) is 0. The summed E-state index contributed by atoms with van der Waals surface area (Å²) in [5.74, 6) is -0.0446. The molecule has 1 aromatic carbocycles. The number of aliphatic hydroxyl groups is 1. The number of nitrogens with zero attached hydrogens (tertiary/aromatic N) is 3. The van der Waals surface area contributed by atoms with Crippen molar-refractivity contribution in [3.8, 4) is 16.9 Å². The van der Waals surface area contributed by atoms with Crippen LogP contribution in [0, 0.1) is 19.3 Å². The number of piperidine rings is 1. The van der Waals surface area contributed by atoms with E-state index in [9.17, 15) is 15.0 Å². The van der Waals surface area contributed by atoms with Crippen LogP contribution in [-0.4, -0.2) is 39.2 Å². The molecule has 0 spiro atoms. The number of anilines is 1. The summed E-state index contributed by atoms with van der Waals surface area (Å²) in [5, 5.41) is 20.1. The monoisotopic (exact) mass is 515 g/mol. The van der Waals surface area contributed by atoms with Gasteiger partial charge in [0.1, 0.15) is 11.9 Å². The lowest BCUT2D eigenvalue weighted by molar-refractivity contribution is -0.136. The maximum absolute atomic E-state index is 11.9. The number of carboxylic acid groups (broad SMARTS) is 1. The van der Waals surface area contributed by atoms with Gasteiger partial charge in [-0.3, -0.25) is 14.8 Å². The molecule has 1 unspecified atom stereocenters. The lowest BCUT2D eigenvalue weighted by Gasteiger charge is -2.40. The first-order valence-electron chi connectivity index (χ1n) is 13.5. The minimum atomic E-state index is -0.883. The number of carboxylic acids is 1. The number of fused-ring (bicyclic) bond motifs is 1. The van der Waals surface area contributed by atoms with E-state index in [0.717, 1.165) is 83.9 Å². The van der Waals surface area contributed by atoms with Gasteiger partial charge in [-0.1, -0.05) is 26.0 Å². The van der Waals surface area contributed by atoms with Crippen molar-refractivity contribution in [1.29, 1.82) is 0 Å².